The molecule has 1 aromatic carbocycles. The summed E-state index contributed by atoms with van der Waals surface area (Å²) in [5.41, 5.74) is 7.13. The number of aliphatic hydroxyl groups is 2. The molecule has 4 N–H and O–H groups in total. The summed E-state index contributed by atoms with van der Waals surface area (Å²) < 4.78 is 0. The monoisotopic (exact) mass is 494 g/mol. The molecular weight excluding hydrogens is 468 g/mol. The van der Waals surface area contributed by atoms with Crippen LogP contribution >= 0.6 is 11.8 Å². The summed E-state index contributed by atoms with van der Waals surface area (Å²) >= 11 is 1.02. The average Bonchev–Trinajstić information content (AvgIpc) is 3.19. The van der Waals surface area contributed by atoms with Crippen LogP contribution in [-0.2, 0) is 16.0 Å². The van der Waals surface area contributed by atoms with E-state index in [4.69, 9.17) is 5.73 Å². The van der Waals surface area contributed by atoms with Crippen molar-refractivity contribution < 1.29 is 19.8 Å². The maximum Gasteiger partial charge on any atom is 0.242 e. The number of β-amino-alcohol motifs (C(OH)–C–C–N with tert-alkyl or cyclic N) is 2. The quantitative estimate of drug-likeness (QED) is 0.448. The number of thioether (sulfide) groups is 1. The van der Waals surface area contributed by atoms with Crippen molar-refractivity contribution in [3.05, 3.63) is 52.6 Å². The Morgan fingerprint density at radius 3 is 2.31 bits per heavy atom. The maximum atomic E-state index is 12.8. The number of rotatable bonds is 8. The molecule has 1 aromatic heterocycles. The number of primary amides is 1. The number of hydrogen-bond donors (Lipinski definition) is 3. The third kappa shape index (κ3) is 5.54. The first kappa shape index (κ1) is 26.0. The third-order valence-electron chi connectivity index (χ3n) is 5.76. The molecule has 1 aliphatic heterocycles. The van der Waals surface area contributed by atoms with Crippen LogP contribution in [-0.4, -0.2) is 70.8 Å². The molecule has 182 valence electrons. The summed E-state index contributed by atoms with van der Waals surface area (Å²) in [6, 6.07) is 13.1. The van der Waals surface area contributed by atoms with Gasteiger partial charge in [0.1, 0.15) is 28.2 Å². The molecule has 3 atom stereocenters. The number of nitrogens with zero attached hydrogens (tertiary/aromatic N) is 5. The van der Waals surface area contributed by atoms with Crippen LogP contribution < -0.4 is 10.6 Å². The highest BCUT2D eigenvalue weighted by atomic mass is 32.2. The molecule has 2 heterocycles. The molecule has 1 fully saturated rings. The van der Waals surface area contributed by atoms with E-state index in [1.165, 1.54) is 9.80 Å². The number of pyridine rings is 1. The number of aliphatic hydroxyl groups excluding tert-OH is 2. The van der Waals surface area contributed by atoms with Crippen molar-refractivity contribution in [2.24, 2.45) is 5.73 Å². The minimum Gasteiger partial charge on any atom is -0.388 e. The summed E-state index contributed by atoms with van der Waals surface area (Å²) in [4.78, 5) is 32.4. The number of carbonyl (C=O) groups excluding carboxylic acids is 2. The second kappa shape index (κ2) is 11.2. The molecule has 0 aliphatic carbocycles. The topological polar surface area (TPSA) is 168 Å². The molecule has 0 saturated carbocycles. The molecular formula is C24H26N6O4S. The molecule has 1 aliphatic rings. The zero-order valence-corrected chi connectivity index (χ0v) is 20.2. The van der Waals surface area contributed by atoms with Gasteiger partial charge < -0.3 is 25.7 Å². The molecule has 35 heavy (non-hydrogen) atoms. The number of nitriles is 2. The van der Waals surface area contributed by atoms with Crippen molar-refractivity contribution >= 4 is 29.4 Å². The number of amides is 2. The minimum atomic E-state index is -1.01. The second-order valence-electron chi connectivity index (χ2n) is 8.15. The lowest BCUT2D eigenvalue weighted by Crippen LogP contribution is -2.39. The van der Waals surface area contributed by atoms with E-state index in [1.807, 2.05) is 6.07 Å². The van der Waals surface area contributed by atoms with Gasteiger partial charge in [-0.1, -0.05) is 49.0 Å². The lowest BCUT2D eigenvalue weighted by Gasteiger charge is -2.25. The van der Waals surface area contributed by atoms with Gasteiger partial charge in [-0.05, 0) is 17.5 Å². The van der Waals surface area contributed by atoms with Crippen LogP contribution in [0.2, 0.25) is 0 Å². The number of nitrogens with two attached hydrogens (primary N) is 1. The normalized spacial score (nSPS) is 17.9. The average molecular weight is 495 g/mol. The standard InChI is InChI=1S/C24H26N6O4S/c1-3-15-16(9-25)23(29(2)13-20(33)30-11-18(31)19(32)12-30)28-24(17(15)10-26)35-21(22(27)34)14-7-5-4-6-8-14/h4-8,18-19,21,31-32H,3,11-13H2,1-2H3,(H2,27,34)/t18-,19-,21?/m1/s1. The number of hydrogen-bond acceptors (Lipinski definition) is 9. The van der Waals surface area contributed by atoms with E-state index in [1.54, 1.807) is 38.2 Å². The fraction of sp³-hybridized carbons (Fsp3) is 0.375. The highest BCUT2D eigenvalue weighted by molar-refractivity contribution is 8.00. The van der Waals surface area contributed by atoms with E-state index in [0.717, 1.165) is 11.8 Å². The van der Waals surface area contributed by atoms with Crippen LogP contribution in [0.25, 0.3) is 0 Å². The Kier molecular flexibility index (Phi) is 8.30. The summed E-state index contributed by atoms with van der Waals surface area (Å²) in [7, 11) is 1.59. The van der Waals surface area contributed by atoms with Crippen molar-refractivity contribution in [1.29, 1.82) is 10.5 Å². The fourth-order valence-corrected chi connectivity index (χ4v) is 4.98. The Bertz CT molecular complexity index is 1180. The molecule has 2 aromatic rings. The molecule has 0 bridgehead atoms. The van der Waals surface area contributed by atoms with Crippen LogP contribution in [0.5, 0.6) is 0 Å². The predicted octanol–water partition coefficient (Wildman–Crippen LogP) is 0.706. The smallest absolute Gasteiger partial charge is 0.242 e. The Morgan fingerprint density at radius 2 is 1.80 bits per heavy atom. The first-order valence-corrected chi connectivity index (χ1v) is 11.8. The lowest BCUT2D eigenvalue weighted by atomic mass is 10.0. The van der Waals surface area contributed by atoms with E-state index >= 15 is 0 Å². The van der Waals surface area contributed by atoms with E-state index in [2.05, 4.69) is 17.1 Å². The second-order valence-corrected chi connectivity index (χ2v) is 9.24. The van der Waals surface area contributed by atoms with E-state index in [9.17, 15) is 30.3 Å². The number of likely N-dealkylation sites (N-methyl/N-ethyl adjacent to an activating group) is 1. The number of carbonyl (C=O) groups is 2. The van der Waals surface area contributed by atoms with Crippen LogP contribution in [0.15, 0.2) is 35.4 Å². The van der Waals surface area contributed by atoms with Gasteiger partial charge in [-0.15, -0.1) is 0 Å². The van der Waals surface area contributed by atoms with Gasteiger partial charge in [-0.25, -0.2) is 4.98 Å². The Balaban J connectivity index is 2.01. The largest absolute Gasteiger partial charge is 0.388 e. The molecule has 2 amide bonds. The summed E-state index contributed by atoms with van der Waals surface area (Å²) in [6.07, 6.45) is -1.66. The highest BCUT2D eigenvalue weighted by Gasteiger charge is 2.33. The Hall–Kier alpha value is -3.64. The molecule has 3 rings (SSSR count). The number of aromatic nitrogens is 1. The molecule has 0 radical (unpaired) electrons. The van der Waals surface area contributed by atoms with Crippen LogP contribution in [0.3, 0.4) is 0 Å². The van der Waals surface area contributed by atoms with Gasteiger partial charge in [0.25, 0.3) is 0 Å². The third-order valence-corrected chi connectivity index (χ3v) is 7.02. The van der Waals surface area contributed by atoms with Gasteiger partial charge in [-0.3, -0.25) is 9.59 Å². The van der Waals surface area contributed by atoms with E-state index in [0.29, 0.717) is 17.5 Å². The predicted molar refractivity (Wildman–Crippen MR) is 129 cm³/mol. The number of benzene rings is 1. The highest BCUT2D eigenvalue weighted by Crippen LogP contribution is 2.39. The zero-order valence-electron chi connectivity index (χ0n) is 19.4. The van der Waals surface area contributed by atoms with Crippen molar-refractivity contribution in [3.8, 4) is 12.1 Å². The lowest BCUT2D eigenvalue weighted by molar-refractivity contribution is -0.129. The van der Waals surface area contributed by atoms with E-state index < -0.39 is 23.4 Å². The first-order chi connectivity index (χ1) is 16.7. The number of anilines is 1. The van der Waals surface area contributed by atoms with Gasteiger partial charge in [0, 0.05) is 20.1 Å². The molecule has 10 nitrogen and oxygen atoms in total. The van der Waals surface area contributed by atoms with Crippen molar-refractivity contribution in [2.45, 2.75) is 35.8 Å². The summed E-state index contributed by atoms with van der Waals surface area (Å²) in [6.45, 7) is 1.66. The van der Waals surface area contributed by atoms with Crippen LogP contribution in [0, 0.1) is 22.7 Å². The first-order valence-electron chi connectivity index (χ1n) is 10.9. The molecule has 11 heteroatoms. The van der Waals surface area contributed by atoms with Crippen molar-refractivity contribution in [3.63, 3.8) is 0 Å². The molecule has 1 unspecified atom stereocenters. The van der Waals surface area contributed by atoms with Gasteiger partial charge in [0.2, 0.25) is 11.8 Å². The number of likely N-dealkylation sites (tertiary alicyclic amines) is 1. The Labute approximate surface area is 207 Å². The zero-order chi connectivity index (χ0) is 25.7. The Morgan fingerprint density at radius 1 is 1.20 bits per heavy atom. The van der Waals surface area contributed by atoms with Gasteiger partial charge >= 0.3 is 0 Å². The summed E-state index contributed by atoms with van der Waals surface area (Å²) in [5.74, 6) is -0.772. The summed E-state index contributed by atoms with van der Waals surface area (Å²) in [5, 5.41) is 38.7. The minimum absolute atomic E-state index is 0.0123. The van der Waals surface area contributed by atoms with Crippen molar-refractivity contribution in [1.82, 2.24) is 9.88 Å². The van der Waals surface area contributed by atoms with Crippen molar-refractivity contribution in [2.75, 3.05) is 31.6 Å². The van der Waals surface area contributed by atoms with Crippen LogP contribution in [0.4, 0.5) is 5.82 Å². The van der Waals surface area contributed by atoms with Gasteiger partial charge in [-0.2, -0.15) is 10.5 Å². The van der Waals surface area contributed by atoms with E-state index in [-0.39, 0.29) is 47.5 Å². The molecule has 1 saturated heterocycles. The fourth-order valence-electron chi connectivity index (χ4n) is 3.93. The van der Waals surface area contributed by atoms with Crippen LogP contribution in [0.1, 0.15) is 34.4 Å². The SMILES string of the molecule is CCc1c(C#N)c(SC(C(N)=O)c2ccccc2)nc(N(C)CC(=O)N2C[C@@H](O)[C@H](O)C2)c1C#N. The maximum absolute atomic E-state index is 12.8. The molecule has 0 spiro atoms. The van der Waals surface area contributed by atoms with Gasteiger partial charge in [0.15, 0.2) is 0 Å². The van der Waals surface area contributed by atoms with Gasteiger partial charge in [0.05, 0.1) is 29.9 Å².